The second kappa shape index (κ2) is 6.92. The van der Waals surface area contributed by atoms with Gasteiger partial charge in [-0.15, -0.1) is 5.10 Å². The number of rotatable bonds is 4. The van der Waals surface area contributed by atoms with Crippen LogP contribution in [0.15, 0.2) is 47.6 Å². The van der Waals surface area contributed by atoms with E-state index in [9.17, 15) is 4.79 Å². The number of nitrogens with zero attached hydrogens (tertiary/aromatic N) is 5. The molecule has 1 aliphatic heterocycles. The Hall–Kier alpha value is -2.67. The minimum absolute atomic E-state index is 0.0791. The number of anilines is 1. The summed E-state index contributed by atoms with van der Waals surface area (Å²) in [5.74, 6) is 0.384. The summed E-state index contributed by atoms with van der Waals surface area (Å²) >= 11 is 1.37. The van der Waals surface area contributed by atoms with Gasteiger partial charge >= 0.3 is 0 Å². The number of amides is 1. The highest BCUT2D eigenvalue weighted by molar-refractivity contribution is 7.99. The highest BCUT2D eigenvalue weighted by Gasteiger charge is 2.24. The highest BCUT2D eigenvalue weighted by Crippen LogP contribution is 2.29. The van der Waals surface area contributed by atoms with Crippen molar-refractivity contribution in [2.45, 2.75) is 25.4 Å². The van der Waals surface area contributed by atoms with Gasteiger partial charge in [-0.3, -0.25) is 4.79 Å². The zero-order valence-electron chi connectivity index (χ0n) is 14.7. The number of para-hydroxylation sites is 1. The third-order valence-corrected chi connectivity index (χ3v) is 5.66. The Morgan fingerprint density at radius 1 is 1.12 bits per heavy atom. The first-order valence-corrected chi connectivity index (χ1v) is 9.50. The number of fused-ring (bicyclic) bond motifs is 1. The van der Waals surface area contributed by atoms with Gasteiger partial charge in [-0.2, -0.15) is 4.68 Å². The number of benzene rings is 2. The number of aryl methyl sites for hydroxylation is 1. The number of carbonyl (C=O) groups is 1. The summed E-state index contributed by atoms with van der Waals surface area (Å²) in [5.41, 5.74) is 5.50. The van der Waals surface area contributed by atoms with E-state index in [1.807, 2.05) is 42.2 Å². The van der Waals surface area contributed by atoms with E-state index in [0.29, 0.717) is 10.9 Å². The van der Waals surface area contributed by atoms with Crippen LogP contribution in [0.5, 0.6) is 0 Å². The van der Waals surface area contributed by atoms with Crippen LogP contribution in [0.25, 0.3) is 5.69 Å². The zero-order chi connectivity index (χ0) is 18.1. The van der Waals surface area contributed by atoms with Gasteiger partial charge in [-0.05, 0) is 59.5 Å². The smallest absolute Gasteiger partial charge is 0.237 e. The van der Waals surface area contributed by atoms with Gasteiger partial charge < -0.3 is 4.90 Å². The number of thioether (sulfide) groups is 1. The van der Waals surface area contributed by atoms with Gasteiger partial charge in [0.05, 0.1) is 11.4 Å². The van der Waals surface area contributed by atoms with E-state index in [2.05, 4.69) is 34.6 Å². The van der Waals surface area contributed by atoms with Crippen molar-refractivity contribution in [3.63, 3.8) is 0 Å². The molecule has 0 unspecified atom stereocenters. The lowest BCUT2D eigenvalue weighted by molar-refractivity contribution is -0.116. The number of aromatic nitrogens is 4. The van der Waals surface area contributed by atoms with Crippen LogP contribution < -0.4 is 4.90 Å². The zero-order valence-corrected chi connectivity index (χ0v) is 15.5. The summed E-state index contributed by atoms with van der Waals surface area (Å²) in [4.78, 5) is 14.6. The molecule has 2 aromatic carbocycles. The lowest BCUT2D eigenvalue weighted by Crippen LogP contribution is -2.30. The lowest BCUT2D eigenvalue weighted by atomic mass is 10.1. The van der Waals surface area contributed by atoms with Crippen LogP contribution in [0.3, 0.4) is 0 Å². The Kier molecular flexibility index (Phi) is 4.46. The average Bonchev–Trinajstić information content (AvgIpc) is 3.29. The van der Waals surface area contributed by atoms with Crippen molar-refractivity contribution in [3.8, 4) is 5.69 Å². The average molecular weight is 365 g/mol. The van der Waals surface area contributed by atoms with Crippen molar-refractivity contribution in [1.29, 1.82) is 0 Å². The summed E-state index contributed by atoms with van der Waals surface area (Å²) in [5, 5.41) is 12.6. The highest BCUT2D eigenvalue weighted by atomic mass is 32.2. The standard InChI is InChI=1S/C19H19N5OS/c1-13-6-5-9-16(14(13)2)24-19(20-21-22-24)26-12-18(25)23-11-10-15-7-3-4-8-17(15)23/h3-9H,10-12H2,1-2H3. The summed E-state index contributed by atoms with van der Waals surface area (Å²) in [6, 6.07) is 14.1. The Morgan fingerprint density at radius 3 is 2.81 bits per heavy atom. The number of tetrazole rings is 1. The van der Waals surface area contributed by atoms with Gasteiger partial charge in [-0.25, -0.2) is 0 Å². The van der Waals surface area contributed by atoms with Crippen LogP contribution in [0, 0.1) is 13.8 Å². The molecular formula is C19H19N5OS. The Labute approximate surface area is 156 Å². The van der Waals surface area contributed by atoms with Crippen molar-refractivity contribution < 1.29 is 4.79 Å². The van der Waals surface area contributed by atoms with Crippen LogP contribution in [0.2, 0.25) is 0 Å². The molecule has 0 saturated carbocycles. The maximum Gasteiger partial charge on any atom is 0.237 e. The Morgan fingerprint density at radius 2 is 1.92 bits per heavy atom. The molecule has 0 spiro atoms. The molecule has 1 amide bonds. The molecule has 0 atom stereocenters. The first-order chi connectivity index (χ1) is 12.6. The molecule has 132 valence electrons. The SMILES string of the molecule is Cc1cccc(-n2nnnc2SCC(=O)N2CCc3ccccc32)c1C. The third kappa shape index (κ3) is 2.99. The molecule has 0 aliphatic carbocycles. The fourth-order valence-corrected chi connectivity index (χ4v) is 3.95. The van der Waals surface area contributed by atoms with Gasteiger partial charge in [0, 0.05) is 12.2 Å². The maximum absolute atomic E-state index is 12.7. The molecule has 26 heavy (non-hydrogen) atoms. The van der Waals surface area contributed by atoms with Crippen molar-refractivity contribution in [2.24, 2.45) is 0 Å². The van der Waals surface area contributed by atoms with Gasteiger partial charge in [0.1, 0.15) is 0 Å². The summed E-state index contributed by atoms with van der Waals surface area (Å²) in [6.45, 7) is 4.85. The molecule has 0 fully saturated rings. The summed E-state index contributed by atoms with van der Waals surface area (Å²) in [6.07, 6.45) is 0.910. The Bertz CT molecular complexity index is 968. The largest absolute Gasteiger partial charge is 0.311 e. The van der Waals surface area contributed by atoms with Gasteiger partial charge in [0.15, 0.2) is 0 Å². The number of carbonyl (C=O) groups excluding carboxylic acids is 1. The fourth-order valence-electron chi connectivity index (χ4n) is 3.19. The first-order valence-electron chi connectivity index (χ1n) is 8.51. The minimum atomic E-state index is 0.0791. The second-order valence-corrected chi connectivity index (χ2v) is 7.25. The molecular weight excluding hydrogens is 346 g/mol. The van der Waals surface area contributed by atoms with E-state index in [0.717, 1.165) is 29.9 Å². The molecule has 4 rings (SSSR count). The quantitative estimate of drug-likeness (QED) is 0.665. The molecule has 1 aromatic heterocycles. The van der Waals surface area contributed by atoms with Gasteiger partial charge in [0.2, 0.25) is 11.1 Å². The van der Waals surface area contributed by atoms with E-state index in [1.165, 1.54) is 22.9 Å². The molecule has 2 heterocycles. The maximum atomic E-state index is 12.7. The molecule has 7 heteroatoms. The van der Waals surface area contributed by atoms with E-state index in [1.54, 1.807) is 4.68 Å². The number of hydrogen-bond donors (Lipinski definition) is 0. The topological polar surface area (TPSA) is 63.9 Å². The van der Waals surface area contributed by atoms with Crippen LogP contribution >= 0.6 is 11.8 Å². The predicted octanol–water partition coefficient (Wildman–Crippen LogP) is 2.96. The molecule has 3 aromatic rings. The number of hydrogen-bond acceptors (Lipinski definition) is 5. The summed E-state index contributed by atoms with van der Waals surface area (Å²) in [7, 11) is 0. The normalized spacial score (nSPS) is 13.1. The van der Waals surface area contributed by atoms with Crippen molar-refractivity contribution in [3.05, 3.63) is 59.2 Å². The van der Waals surface area contributed by atoms with E-state index >= 15 is 0 Å². The van der Waals surface area contributed by atoms with Crippen molar-refractivity contribution >= 4 is 23.4 Å². The Balaban J connectivity index is 1.51. The molecule has 0 radical (unpaired) electrons. The first kappa shape index (κ1) is 16.8. The molecule has 0 N–H and O–H groups in total. The van der Waals surface area contributed by atoms with E-state index in [-0.39, 0.29) is 5.91 Å². The van der Waals surface area contributed by atoms with Gasteiger partial charge in [0.25, 0.3) is 0 Å². The van der Waals surface area contributed by atoms with Gasteiger partial charge in [-0.1, -0.05) is 42.1 Å². The monoisotopic (exact) mass is 365 g/mol. The summed E-state index contributed by atoms with van der Waals surface area (Å²) < 4.78 is 1.71. The van der Waals surface area contributed by atoms with E-state index in [4.69, 9.17) is 0 Å². The lowest BCUT2D eigenvalue weighted by Gasteiger charge is -2.17. The predicted molar refractivity (Wildman–Crippen MR) is 102 cm³/mol. The minimum Gasteiger partial charge on any atom is -0.311 e. The third-order valence-electron chi connectivity index (χ3n) is 4.76. The van der Waals surface area contributed by atoms with E-state index < -0.39 is 0 Å². The van der Waals surface area contributed by atoms with Crippen LogP contribution in [-0.4, -0.2) is 38.4 Å². The van der Waals surface area contributed by atoms with Crippen molar-refractivity contribution in [2.75, 3.05) is 17.2 Å². The molecule has 1 aliphatic rings. The molecule has 6 nitrogen and oxygen atoms in total. The second-order valence-electron chi connectivity index (χ2n) is 6.31. The van der Waals surface area contributed by atoms with Crippen LogP contribution in [-0.2, 0) is 11.2 Å². The molecule has 0 bridgehead atoms. The van der Waals surface area contributed by atoms with Crippen LogP contribution in [0.4, 0.5) is 5.69 Å². The molecule has 0 saturated heterocycles. The van der Waals surface area contributed by atoms with Crippen molar-refractivity contribution in [1.82, 2.24) is 20.2 Å². The fraction of sp³-hybridized carbons (Fsp3) is 0.263. The van der Waals surface area contributed by atoms with Crippen LogP contribution in [0.1, 0.15) is 16.7 Å².